The molecule has 2 unspecified atom stereocenters. The van der Waals surface area contributed by atoms with Gasteiger partial charge in [-0.3, -0.25) is 9.69 Å². The predicted molar refractivity (Wildman–Crippen MR) is 39.1 cm³/mol. The first kappa shape index (κ1) is 7.22. The van der Waals surface area contributed by atoms with Crippen LogP contribution in [0.1, 0.15) is 19.3 Å². The van der Waals surface area contributed by atoms with Gasteiger partial charge in [0.25, 0.3) is 0 Å². The van der Waals surface area contributed by atoms with Gasteiger partial charge < -0.3 is 0 Å². The first-order chi connectivity index (χ1) is 5.27. The van der Waals surface area contributed by atoms with E-state index in [4.69, 9.17) is 0 Å². The Kier molecular flexibility index (Phi) is 1.68. The molecule has 0 saturated carbocycles. The zero-order valence-corrected chi connectivity index (χ0v) is 6.42. The van der Waals surface area contributed by atoms with Gasteiger partial charge in [-0.1, -0.05) is 0 Å². The Morgan fingerprint density at radius 1 is 1.55 bits per heavy atom. The quantitative estimate of drug-likeness (QED) is 0.517. The average molecular weight is 157 g/mol. The lowest BCUT2D eigenvalue weighted by Crippen LogP contribution is -2.45. The molecule has 0 aliphatic carbocycles. The number of ketones is 1. The fourth-order valence-corrected chi connectivity index (χ4v) is 2.03. The van der Waals surface area contributed by atoms with Crippen LogP contribution in [0.2, 0.25) is 0 Å². The smallest absolute Gasteiger partial charge is 0.171 e. The molecule has 2 fully saturated rings. The molecule has 0 bridgehead atoms. The summed E-state index contributed by atoms with van der Waals surface area (Å²) in [6.07, 6.45) is 1.45. The summed E-state index contributed by atoms with van der Waals surface area (Å²) in [5, 5.41) is 0. The summed E-state index contributed by atoms with van der Waals surface area (Å²) in [4.78, 5) is 13.0. The van der Waals surface area contributed by atoms with E-state index < -0.39 is 6.17 Å². The fourth-order valence-electron chi connectivity index (χ4n) is 2.03. The standard InChI is InChI=1S/C8H12FNO/c9-7-5-10-3-1-2-6(10)4-8(7)11/h6-7H,1-5H2. The number of alkyl halides is 1. The van der Waals surface area contributed by atoms with E-state index in [1.54, 1.807) is 0 Å². The van der Waals surface area contributed by atoms with Gasteiger partial charge in [0, 0.05) is 19.0 Å². The van der Waals surface area contributed by atoms with Gasteiger partial charge in [0.1, 0.15) is 0 Å². The monoisotopic (exact) mass is 157 g/mol. The molecule has 2 nitrogen and oxygen atoms in total. The van der Waals surface area contributed by atoms with Crippen LogP contribution in [-0.4, -0.2) is 36.0 Å². The van der Waals surface area contributed by atoms with Crippen LogP contribution in [0.4, 0.5) is 4.39 Å². The summed E-state index contributed by atoms with van der Waals surface area (Å²) in [7, 11) is 0. The van der Waals surface area contributed by atoms with Gasteiger partial charge >= 0.3 is 0 Å². The Morgan fingerprint density at radius 2 is 2.36 bits per heavy atom. The Balaban J connectivity index is 2.06. The molecule has 62 valence electrons. The summed E-state index contributed by atoms with van der Waals surface area (Å²) < 4.78 is 12.8. The molecule has 0 aromatic carbocycles. The number of piperidine rings is 1. The van der Waals surface area contributed by atoms with Gasteiger partial charge in [-0.05, 0) is 19.4 Å². The van der Waals surface area contributed by atoms with Crippen molar-refractivity contribution in [3.63, 3.8) is 0 Å². The van der Waals surface area contributed by atoms with Crippen LogP contribution in [0.5, 0.6) is 0 Å². The second-order valence-electron chi connectivity index (χ2n) is 3.43. The van der Waals surface area contributed by atoms with Crippen LogP contribution in [0.15, 0.2) is 0 Å². The Morgan fingerprint density at radius 3 is 3.18 bits per heavy atom. The number of hydrogen-bond donors (Lipinski definition) is 0. The summed E-state index contributed by atoms with van der Waals surface area (Å²) in [6, 6.07) is 0.370. The minimum atomic E-state index is -1.20. The highest BCUT2D eigenvalue weighted by Crippen LogP contribution is 2.25. The molecule has 0 spiro atoms. The second kappa shape index (κ2) is 2.55. The molecule has 0 aromatic heterocycles. The highest BCUT2D eigenvalue weighted by Gasteiger charge is 2.36. The van der Waals surface area contributed by atoms with E-state index in [1.165, 1.54) is 0 Å². The third-order valence-corrected chi connectivity index (χ3v) is 2.68. The topological polar surface area (TPSA) is 20.3 Å². The maximum Gasteiger partial charge on any atom is 0.171 e. The van der Waals surface area contributed by atoms with Crippen molar-refractivity contribution in [2.75, 3.05) is 13.1 Å². The van der Waals surface area contributed by atoms with Crippen LogP contribution in [0, 0.1) is 0 Å². The maximum absolute atomic E-state index is 12.8. The van der Waals surface area contributed by atoms with Crippen molar-refractivity contribution in [1.82, 2.24) is 4.90 Å². The lowest BCUT2D eigenvalue weighted by Gasteiger charge is -2.30. The highest BCUT2D eigenvalue weighted by molar-refractivity contribution is 5.84. The van der Waals surface area contributed by atoms with Gasteiger partial charge in [0.2, 0.25) is 0 Å². The molecule has 0 N–H and O–H groups in total. The van der Waals surface area contributed by atoms with Gasteiger partial charge in [-0.15, -0.1) is 0 Å². The van der Waals surface area contributed by atoms with E-state index in [1.807, 2.05) is 0 Å². The van der Waals surface area contributed by atoms with Crippen LogP contribution in [0.3, 0.4) is 0 Å². The molecule has 2 atom stereocenters. The van der Waals surface area contributed by atoms with Gasteiger partial charge in [-0.2, -0.15) is 0 Å². The third kappa shape index (κ3) is 1.18. The van der Waals surface area contributed by atoms with Gasteiger partial charge in [0.15, 0.2) is 12.0 Å². The number of Topliss-reactive ketones (excluding diaryl/α,β-unsaturated/α-hetero) is 1. The Labute approximate surface area is 65.4 Å². The number of carbonyl (C=O) groups is 1. The first-order valence-electron chi connectivity index (χ1n) is 4.18. The van der Waals surface area contributed by atoms with E-state index in [9.17, 15) is 9.18 Å². The molecule has 2 saturated heterocycles. The lowest BCUT2D eigenvalue weighted by atomic mass is 10.0. The third-order valence-electron chi connectivity index (χ3n) is 2.68. The number of nitrogens with zero attached hydrogens (tertiary/aromatic N) is 1. The Bertz CT molecular complexity index is 183. The number of rotatable bonds is 0. The molecule has 11 heavy (non-hydrogen) atoms. The average Bonchev–Trinajstić information content (AvgIpc) is 2.36. The van der Waals surface area contributed by atoms with Crippen LogP contribution in [0.25, 0.3) is 0 Å². The molecule has 2 aliphatic rings. The molecule has 0 amide bonds. The molecular formula is C8H12FNO. The number of halogens is 1. The fraction of sp³-hybridized carbons (Fsp3) is 0.875. The molecule has 2 aliphatic heterocycles. The lowest BCUT2D eigenvalue weighted by molar-refractivity contribution is -0.128. The van der Waals surface area contributed by atoms with Crippen LogP contribution >= 0.6 is 0 Å². The van der Waals surface area contributed by atoms with Crippen molar-refractivity contribution in [3.8, 4) is 0 Å². The molecule has 2 heterocycles. The van der Waals surface area contributed by atoms with Crippen molar-refractivity contribution in [2.45, 2.75) is 31.5 Å². The van der Waals surface area contributed by atoms with Crippen LogP contribution in [-0.2, 0) is 4.79 Å². The van der Waals surface area contributed by atoms with Crippen molar-refractivity contribution in [2.24, 2.45) is 0 Å². The second-order valence-corrected chi connectivity index (χ2v) is 3.43. The van der Waals surface area contributed by atoms with E-state index in [-0.39, 0.29) is 5.78 Å². The summed E-state index contributed by atoms with van der Waals surface area (Å²) in [5.74, 6) is -0.187. The van der Waals surface area contributed by atoms with Gasteiger partial charge in [0.05, 0.1) is 0 Å². The van der Waals surface area contributed by atoms with Crippen molar-refractivity contribution >= 4 is 5.78 Å². The van der Waals surface area contributed by atoms with Crippen LogP contribution < -0.4 is 0 Å². The van der Waals surface area contributed by atoms with E-state index in [0.29, 0.717) is 19.0 Å². The largest absolute Gasteiger partial charge is 0.297 e. The molecule has 2 rings (SSSR count). The van der Waals surface area contributed by atoms with Crippen molar-refractivity contribution < 1.29 is 9.18 Å². The SMILES string of the molecule is O=C1CC2CCCN2CC1F. The molecule has 0 aromatic rings. The van der Waals surface area contributed by atoms with E-state index in [2.05, 4.69) is 4.90 Å². The minimum absolute atomic E-state index is 0.187. The van der Waals surface area contributed by atoms with E-state index in [0.717, 1.165) is 19.4 Å². The number of carbonyl (C=O) groups excluding carboxylic acids is 1. The summed E-state index contributed by atoms with van der Waals surface area (Å²) in [6.45, 7) is 1.34. The van der Waals surface area contributed by atoms with Gasteiger partial charge in [-0.25, -0.2) is 4.39 Å². The summed E-state index contributed by atoms with van der Waals surface area (Å²) in [5.41, 5.74) is 0. The van der Waals surface area contributed by atoms with Crippen molar-refractivity contribution in [1.29, 1.82) is 0 Å². The summed E-state index contributed by atoms with van der Waals surface area (Å²) >= 11 is 0. The number of hydrogen-bond acceptors (Lipinski definition) is 2. The highest BCUT2D eigenvalue weighted by atomic mass is 19.1. The number of fused-ring (bicyclic) bond motifs is 1. The molecule has 3 heteroatoms. The first-order valence-corrected chi connectivity index (χ1v) is 4.18. The maximum atomic E-state index is 12.8. The zero-order chi connectivity index (χ0) is 7.84. The zero-order valence-electron chi connectivity index (χ0n) is 6.42. The molecule has 0 radical (unpaired) electrons. The predicted octanol–water partition coefficient (Wildman–Crippen LogP) is 0.762. The molecular weight excluding hydrogens is 145 g/mol. The normalized spacial score (nSPS) is 39.2. The minimum Gasteiger partial charge on any atom is -0.297 e. The Hall–Kier alpha value is -0.440. The van der Waals surface area contributed by atoms with E-state index >= 15 is 0 Å². The van der Waals surface area contributed by atoms with Crippen molar-refractivity contribution in [3.05, 3.63) is 0 Å².